The van der Waals surface area contributed by atoms with Gasteiger partial charge in [-0.3, -0.25) is 4.90 Å². The van der Waals surface area contributed by atoms with Crippen LogP contribution in [0, 0.1) is 11.8 Å². The molecule has 1 aliphatic heterocycles. The minimum atomic E-state index is 0.816. The Morgan fingerprint density at radius 3 is 2.74 bits per heavy atom. The Bertz CT molecular complexity index is 409. The summed E-state index contributed by atoms with van der Waals surface area (Å²) in [7, 11) is 0. The van der Waals surface area contributed by atoms with Gasteiger partial charge in [-0.15, -0.1) is 11.3 Å². The molecule has 19 heavy (non-hydrogen) atoms. The quantitative estimate of drug-likeness (QED) is 0.857. The first-order chi connectivity index (χ1) is 9.20. The molecule has 1 aliphatic carbocycles. The third kappa shape index (κ3) is 3.80. The second-order valence-corrected chi connectivity index (χ2v) is 7.80. The summed E-state index contributed by atoms with van der Waals surface area (Å²) < 4.78 is 0. The molecule has 3 heteroatoms. The molecule has 2 aliphatic rings. The lowest BCUT2D eigenvalue weighted by Gasteiger charge is -2.16. The van der Waals surface area contributed by atoms with E-state index in [0.29, 0.717) is 0 Å². The van der Waals surface area contributed by atoms with Gasteiger partial charge in [0, 0.05) is 35.4 Å². The predicted molar refractivity (Wildman–Crippen MR) is 82.4 cm³/mol. The largest absolute Gasteiger partial charge is 0.309 e. The van der Waals surface area contributed by atoms with E-state index < -0.39 is 0 Å². The van der Waals surface area contributed by atoms with Crippen molar-refractivity contribution in [1.29, 1.82) is 0 Å². The summed E-state index contributed by atoms with van der Waals surface area (Å²) in [4.78, 5) is 5.67. The standard InChI is InChI=1S/C16H26N2S/c1-12(2)13-7-8-18(10-13)11-16-6-5-15(19-16)9-17-14-3-4-14/h5-6,12-14,17H,3-4,7-11H2,1-2H3. The molecule has 1 saturated heterocycles. The van der Waals surface area contributed by atoms with Crippen LogP contribution >= 0.6 is 11.3 Å². The Hall–Kier alpha value is -0.380. The highest BCUT2D eigenvalue weighted by atomic mass is 32.1. The molecule has 1 atom stereocenters. The van der Waals surface area contributed by atoms with Gasteiger partial charge in [0.25, 0.3) is 0 Å². The topological polar surface area (TPSA) is 15.3 Å². The number of rotatable bonds is 6. The van der Waals surface area contributed by atoms with E-state index >= 15 is 0 Å². The number of nitrogens with one attached hydrogen (secondary N) is 1. The van der Waals surface area contributed by atoms with Crippen LogP contribution in [0.3, 0.4) is 0 Å². The van der Waals surface area contributed by atoms with Gasteiger partial charge in [-0.05, 0) is 49.8 Å². The smallest absolute Gasteiger partial charge is 0.0328 e. The number of nitrogens with zero attached hydrogens (tertiary/aromatic N) is 1. The van der Waals surface area contributed by atoms with Gasteiger partial charge in [-0.2, -0.15) is 0 Å². The first-order valence-corrected chi connectivity index (χ1v) is 8.55. The molecule has 1 saturated carbocycles. The Balaban J connectivity index is 1.47. The fraction of sp³-hybridized carbons (Fsp3) is 0.750. The van der Waals surface area contributed by atoms with Crippen LogP contribution < -0.4 is 5.32 Å². The molecule has 3 rings (SSSR count). The lowest BCUT2D eigenvalue weighted by atomic mass is 9.95. The highest BCUT2D eigenvalue weighted by Gasteiger charge is 2.25. The molecule has 1 aromatic rings. The Labute approximate surface area is 121 Å². The molecule has 1 N–H and O–H groups in total. The van der Waals surface area contributed by atoms with E-state index in [0.717, 1.165) is 31.0 Å². The predicted octanol–water partition coefficient (Wildman–Crippen LogP) is 3.48. The molecule has 1 aromatic heterocycles. The van der Waals surface area contributed by atoms with Crippen LogP contribution in [0.15, 0.2) is 12.1 Å². The first kappa shape index (κ1) is 13.6. The van der Waals surface area contributed by atoms with Crippen LogP contribution in [-0.4, -0.2) is 24.0 Å². The van der Waals surface area contributed by atoms with E-state index in [2.05, 4.69) is 36.2 Å². The summed E-state index contributed by atoms with van der Waals surface area (Å²) in [6.07, 6.45) is 4.14. The number of hydrogen-bond donors (Lipinski definition) is 1. The average Bonchev–Trinajstić information content (AvgIpc) is 2.91. The van der Waals surface area contributed by atoms with Gasteiger partial charge in [0.2, 0.25) is 0 Å². The molecule has 0 bridgehead atoms. The van der Waals surface area contributed by atoms with Crippen LogP contribution in [-0.2, 0) is 13.1 Å². The molecular weight excluding hydrogens is 252 g/mol. The zero-order valence-electron chi connectivity index (χ0n) is 12.2. The fourth-order valence-electron chi connectivity index (χ4n) is 2.91. The maximum Gasteiger partial charge on any atom is 0.0328 e. The van der Waals surface area contributed by atoms with Crippen LogP contribution in [0.4, 0.5) is 0 Å². The zero-order valence-corrected chi connectivity index (χ0v) is 13.0. The molecule has 0 amide bonds. The second kappa shape index (κ2) is 5.94. The van der Waals surface area contributed by atoms with Crippen molar-refractivity contribution in [3.05, 3.63) is 21.9 Å². The Morgan fingerprint density at radius 2 is 2.05 bits per heavy atom. The van der Waals surface area contributed by atoms with Crippen molar-refractivity contribution in [3.63, 3.8) is 0 Å². The van der Waals surface area contributed by atoms with E-state index in [1.807, 2.05) is 11.3 Å². The summed E-state index contributed by atoms with van der Waals surface area (Å²) in [6, 6.07) is 5.46. The first-order valence-electron chi connectivity index (χ1n) is 7.74. The monoisotopic (exact) mass is 278 g/mol. The van der Waals surface area contributed by atoms with Gasteiger partial charge in [0.1, 0.15) is 0 Å². The van der Waals surface area contributed by atoms with E-state index in [4.69, 9.17) is 0 Å². The fourth-order valence-corrected chi connectivity index (χ4v) is 3.92. The van der Waals surface area contributed by atoms with Crippen LogP contribution in [0.5, 0.6) is 0 Å². The van der Waals surface area contributed by atoms with Gasteiger partial charge >= 0.3 is 0 Å². The third-order valence-electron chi connectivity index (χ3n) is 4.49. The normalized spacial score (nSPS) is 24.5. The molecule has 1 unspecified atom stereocenters. The molecule has 0 aromatic carbocycles. The van der Waals surface area contributed by atoms with Crippen LogP contribution in [0.25, 0.3) is 0 Å². The van der Waals surface area contributed by atoms with Crippen molar-refractivity contribution >= 4 is 11.3 Å². The van der Waals surface area contributed by atoms with Crippen LogP contribution in [0.2, 0.25) is 0 Å². The van der Waals surface area contributed by atoms with Gasteiger partial charge in [-0.25, -0.2) is 0 Å². The van der Waals surface area contributed by atoms with Crippen molar-refractivity contribution in [2.75, 3.05) is 13.1 Å². The van der Waals surface area contributed by atoms with E-state index in [-0.39, 0.29) is 0 Å². The minimum Gasteiger partial charge on any atom is -0.309 e. The molecule has 2 nitrogen and oxygen atoms in total. The summed E-state index contributed by atoms with van der Waals surface area (Å²) in [5, 5.41) is 3.60. The number of hydrogen-bond acceptors (Lipinski definition) is 3. The summed E-state index contributed by atoms with van der Waals surface area (Å²) in [5.41, 5.74) is 0. The molecule has 106 valence electrons. The average molecular weight is 278 g/mol. The summed E-state index contributed by atoms with van der Waals surface area (Å²) in [6.45, 7) is 9.55. The lowest BCUT2D eigenvalue weighted by molar-refractivity contribution is 0.299. The van der Waals surface area contributed by atoms with Crippen molar-refractivity contribution in [1.82, 2.24) is 10.2 Å². The summed E-state index contributed by atoms with van der Waals surface area (Å²) in [5.74, 6) is 1.75. The lowest BCUT2D eigenvalue weighted by Crippen LogP contribution is -2.20. The molecule has 0 radical (unpaired) electrons. The molecule has 0 spiro atoms. The minimum absolute atomic E-state index is 0.816. The van der Waals surface area contributed by atoms with Gasteiger partial charge in [0.05, 0.1) is 0 Å². The maximum atomic E-state index is 3.60. The van der Waals surface area contributed by atoms with Crippen LogP contribution in [0.1, 0.15) is 42.9 Å². The van der Waals surface area contributed by atoms with E-state index in [1.165, 1.54) is 42.1 Å². The van der Waals surface area contributed by atoms with E-state index in [1.54, 1.807) is 0 Å². The SMILES string of the molecule is CC(C)C1CCN(Cc2ccc(CNC3CC3)s2)C1. The second-order valence-electron chi connectivity index (χ2n) is 6.55. The highest BCUT2D eigenvalue weighted by molar-refractivity contribution is 7.11. The van der Waals surface area contributed by atoms with Crippen molar-refractivity contribution in [3.8, 4) is 0 Å². The Kier molecular flexibility index (Phi) is 4.25. The number of likely N-dealkylation sites (tertiary alicyclic amines) is 1. The van der Waals surface area contributed by atoms with Gasteiger partial charge in [-0.1, -0.05) is 13.8 Å². The van der Waals surface area contributed by atoms with Crippen molar-refractivity contribution in [2.45, 2.75) is 52.2 Å². The zero-order chi connectivity index (χ0) is 13.2. The maximum absolute atomic E-state index is 3.60. The molecule has 2 heterocycles. The van der Waals surface area contributed by atoms with Gasteiger partial charge in [0.15, 0.2) is 0 Å². The van der Waals surface area contributed by atoms with Crippen molar-refractivity contribution < 1.29 is 0 Å². The summed E-state index contributed by atoms with van der Waals surface area (Å²) >= 11 is 1.99. The third-order valence-corrected chi connectivity index (χ3v) is 5.56. The highest BCUT2D eigenvalue weighted by Crippen LogP contribution is 2.27. The number of thiophene rings is 1. The molecular formula is C16H26N2S. The van der Waals surface area contributed by atoms with E-state index in [9.17, 15) is 0 Å². The molecule has 2 fully saturated rings. The Morgan fingerprint density at radius 1 is 1.26 bits per heavy atom. The van der Waals surface area contributed by atoms with Crippen molar-refractivity contribution in [2.24, 2.45) is 11.8 Å². The van der Waals surface area contributed by atoms with Gasteiger partial charge < -0.3 is 5.32 Å².